The number of para-hydroxylation sites is 1. The Morgan fingerprint density at radius 1 is 1.37 bits per heavy atom. The van der Waals surface area contributed by atoms with Gasteiger partial charge in [-0.3, -0.25) is 0 Å². The fourth-order valence-corrected chi connectivity index (χ4v) is 2.34. The van der Waals surface area contributed by atoms with Crippen LogP contribution in [0.5, 0.6) is 5.75 Å². The SMILES string of the molecule is CC(C)Oc1cccc(NC(C)C2CCOC2)c1N. The molecular formula is C15H24N2O2. The van der Waals surface area contributed by atoms with Gasteiger partial charge in [0.15, 0.2) is 0 Å². The monoisotopic (exact) mass is 264 g/mol. The zero-order valence-corrected chi connectivity index (χ0v) is 12.0. The van der Waals surface area contributed by atoms with E-state index in [1.165, 1.54) is 0 Å². The van der Waals surface area contributed by atoms with Crippen LogP contribution in [0.2, 0.25) is 0 Å². The van der Waals surface area contributed by atoms with E-state index in [1.54, 1.807) is 0 Å². The maximum Gasteiger partial charge on any atom is 0.144 e. The lowest BCUT2D eigenvalue weighted by Gasteiger charge is -2.22. The van der Waals surface area contributed by atoms with Crippen LogP contribution in [0.15, 0.2) is 18.2 Å². The third-order valence-corrected chi connectivity index (χ3v) is 3.48. The number of hydrogen-bond donors (Lipinski definition) is 2. The zero-order chi connectivity index (χ0) is 13.8. The number of hydrogen-bond acceptors (Lipinski definition) is 4. The second-order valence-corrected chi connectivity index (χ2v) is 5.44. The molecule has 0 aromatic heterocycles. The van der Waals surface area contributed by atoms with Gasteiger partial charge < -0.3 is 20.5 Å². The molecule has 0 spiro atoms. The standard InChI is InChI=1S/C15H24N2O2/c1-10(2)19-14-6-4-5-13(15(14)16)17-11(3)12-7-8-18-9-12/h4-6,10-12,17H,7-9,16H2,1-3H3. The van der Waals surface area contributed by atoms with E-state index < -0.39 is 0 Å². The van der Waals surface area contributed by atoms with Crippen LogP contribution in [0.1, 0.15) is 27.2 Å². The van der Waals surface area contributed by atoms with Gasteiger partial charge >= 0.3 is 0 Å². The normalized spacial score (nSPS) is 20.5. The third-order valence-electron chi connectivity index (χ3n) is 3.48. The van der Waals surface area contributed by atoms with Gasteiger partial charge in [0.1, 0.15) is 5.75 Å². The molecule has 2 rings (SSSR count). The number of nitrogens with one attached hydrogen (secondary N) is 1. The van der Waals surface area contributed by atoms with Crippen LogP contribution < -0.4 is 15.8 Å². The van der Waals surface area contributed by atoms with Crippen molar-refractivity contribution in [1.82, 2.24) is 0 Å². The van der Waals surface area contributed by atoms with Gasteiger partial charge in [-0.2, -0.15) is 0 Å². The zero-order valence-electron chi connectivity index (χ0n) is 12.0. The lowest BCUT2D eigenvalue weighted by molar-refractivity contribution is 0.183. The highest BCUT2D eigenvalue weighted by Gasteiger charge is 2.22. The Morgan fingerprint density at radius 3 is 2.79 bits per heavy atom. The van der Waals surface area contributed by atoms with Crippen LogP contribution in [0.25, 0.3) is 0 Å². The quantitative estimate of drug-likeness (QED) is 0.803. The van der Waals surface area contributed by atoms with E-state index >= 15 is 0 Å². The van der Waals surface area contributed by atoms with Crippen LogP contribution in [-0.4, -0.2) is 25.4 Å². The van der Waals surface area contributed by atoms with Crippen molar-refractivity contribution in [2.75, 3.05) is 24.3 Å². The molecule has 1 saturated heterocycles. The third kappa shape index (κ3) is 3.53. The number of anilines is 2. The summed E-state index contributed by atoms with van der Waals surface area (Å²) in [5.41, 5.74) is 7.78. The number of ether oxygens (including phenoxy) is 2. The molecule has 1 heterocycles. The first-order valence-corrected chi connectivity index (χ1v) is 6.97. The van der Waals surface area contributed by atoms with Crippen molar-refractivity contribution in [1.29, 1.82) is 0 Å². The topological polar surface area (TPSA) is 56.5 Å². The van der Waals surface area contributed by atoms with E-state index in [1.807, 2.05) is 32.0 Å². The lowest BCUT2D eigenvalue weighted by atomic mass is 10.0. The average Bonchev–Trinajstić information content (AvgIpc) is 2.87. The first-order chi connectivity index (χ1) is 9.08. The highest BCUT2D eigenvalue weighted by Crippen LogP contribution is 2.31. The predicted molar refractivity (Wildman–Crippen MR) is 78.6 cm³/mol. The summed E-state index contributed by atoms with van der Waals surface area (Å²) in [6, 6.07) is 6.21. The average molecular weight is 264 g/mol. The molecule has 4 nitrogen and oxygen atoms in total. The molecule has 0 radical (unpaired) electrons. The van der Waals surface area contributed by atoms with Crippen LogP contribution in [0.4, 0.5) is 11.4 Å². The summed E-state index contributed by atoms with van der Waals surface area (Å²) in [7, 11) is 0. The summed E-state index contributed by atoms with van der Waals surface area (Å²) in [6.45, 7) is 7.86. The van der Waals surface area contributed by atoms with Crippen molar-refractivity contribution in [2.24, 2.45) is 5.92 Å². The maximum atomic E-state index is 6.16. The van der Waals surface area contributed by atoms with Gasteiger partial charge in [0.25, 0.3) is 0 Å². The van der Waals surface area contributed by atoms with Crippen LogP contribution in [0, 0.1) is 5.92 Å². The smallest absolute Gasteiger partial charge is 0.144 e. The minimum atomic E-state index is 0.123. The Hall–Kier alpha value is -1.42. The van der Waals surface area contributed by atoms with Gasteiger partial charge in [-0.1, -0.05) is 6.07 Å². The van der Waals surface area contributed by atoms with Gasteiger partial charge in [0, 0.05) is 18.6 Å². The molecule has 0 bridgehead atoms. The van der Waals surface area contributed by atoms with Crippen molar-refractivity contribution in [3.63, 3.8) is 0 Å². The summed E-state index contributed by atoms with van der Waals surface area (Å²) >= 11 is 0. The molecule has 2 atom stereocenters. The Morgan fingerprint density at radius 2 is 2.16 bits per heavy atom. The Bertz CT molecular complexity index is 415. The van der Waals surface area contributed by atoms with Crippen molar-refractivity contribution in [3.8, 4) is 5.75 Å². The van der Waals surface area contributed by atoms with E-state index in [0.29, 0.717) is 17.6 Å². The van der Waals surface area contributed by atoms with Gasteiger partial charge in [-0.05, 0) is 39.3 Å². The largest absolute Gasteiger partial charge is 0.489 e. The van der Waals surface area contributed by atoms with E-state index in [9.17, 15) is 0 Å². The Balaban J connectivity index is 2.07. The molecule has 1 aliphatic heterocycles. The van der Waals surface area contributed by atoms with Gasteiger partial charge in [-0.25, -0.2) is 0 Å². The summed E-state index contributed by atoms with van der Waals surface area (Å²) < 4.78 is 11.1. The summed E-state index contributed by atoms with van der Waals surface area (Å²) in [5, 5.41) is 3.48. The first-order valence-electron chi connectivity index (χ1n) is 6.97. The minimum absolute atomic E-state index is 0.123. The molecule has 19 heavy (non-hydrogen) atoms. The summed E-state index contributed by atoms with van der Waals surface area (Å²) in [5.74, 6) is 1.30. The van der Waals surface area contributed by atoms with Crippen LogP contribution in [0.3, 0.4) is 0 Å². The molecule has 1 aromatic carbocycles. The van der Waals surface area contributed by atoms with Crippen molar-refractivity contribution >= 4 is 11.4 Å². The number of nitrogens with two attached hydrogens (primary N) is 1. The second-order valence-electron chi connectivity index (χ2n) is 5.44. The molecule has 106 valence electrons. The second kappa shape index (κ2) is 6.15. The molecule has 0 amide bonds. The molecule has 1 aromatic rings. The first kappa shape index (κ1) is 14.0. The van der Waals surface area contributed by atoms with Crippen molar-refractivity contribution in [2.45, 2.75) is 39.3 Å². The highest BCUT2D eigenvalue weighted by atomic mass is 16.5. The number of nitrogen functional groups attached to an aromatic ring is 1. The van der Waals surface area contributed by atoms with Crippen molar-refractivity contribution < 1.29 is 9.47 Å². The van der Waals surface area contributed by atoms with Gasteiger partial charge in [-0.15, -0.1) is 0 Å². The molecular weight excluding hydrogens is 240 g/mol. The predicted octanol–water partition coefficient (Wildman–Crippen LogP) is 2.89. The fraction of sp³-hybridized carbons (Fsp3) is 0.600. The Kier molecular flexibility index (Phi) is 4.53. The van der Waals surface area contributed by atoms with E-state index in [0.717, 1.165) is 31.1 Å². The summed E-state index contributed by atoms with van der Waals surface area (Å²) in [6.07, 6.45) is 1.23. The van der Waals surface area contributed by atoms with Crippen molar-refractivity contribution in [3.05, 3.63) is 18.2 Å². The van der Waals surface area contributed by atoms with Gasteiger partial charge in [0.05, 0.1) is 24.1 Å². The Labute approximate surface area is 115 Å². The van der Waals surface area contributed by atoms with Crippen LogP contribution in [-0.2, 0) is 4.74 Å². The van der Waals surface area contributed by atoms with Gasteiger partial charge in [0.2, 0.25) is 0 Å². The number of benzene rings is 1. The molecule has 2 unspecified atom stereocenters. The maximum absolute atomic E-state index is 6.16. The van der Waals surface area contributed by atoms with Crippen LogP contribution >= 0.6 is 0 Å². The molecule has 1 aliphatic rings. The lowest BCUT2D eigenvalue weighted by Crippen LogP contribution is -2.26. The van der Waals surface area contributed by atoms with E-state index in [-0.39, 0.29) is 6.10 Å². The summed E-state index contributed by atoms with van der Waals surface area (Å²) in [4.78, 5) is 0. The molecule has 0 saturated carbocycles. The molecule has 3 N–H and O–H groups in total. The fourth-order valence-electron chi connectivity index (χ4n) is 2.34. The van der Waals surface area contributed by atoms with E-state index in [4.69, 9.17) is 15.2 Å². The highest BCUT2D eigenvalue weighted by molar-refractivity contribution is 5.73. The molecule has 4 heteroatoms. The minimum Gasteiger partial charge on any atom is -0.489 e. The molecule has 1 fully saturated rings. The molecule has 0 aliphatic carbocycles. The van der Waals surface area contributed by atoms with E-state index in [2.05, 4.69) is 12.2 Å². The number of rotatable bonds is 5.